The lowest BCUT2D eigenvalue weighted by atomic mass is 9.70. The van der Waals surface area contributed by atoms with Crippen LogP contribution in [-0.4, -0.2) is 11.9 Å². The summed E-state index contributed by atoms with van der Waals surface area (Å²) in [6.07, 6.45) is 6.84. The van der Waals surface area contributed by atoms with Crippen molar-refractivity contribution in [2.75, 3.05) is 0 Å². The molecule has 1 aliphatic carbocycles. The van der Waals surface area contributed by atoms with Crippen molar-refractivity contribution >= 4 is 5.91 Å². The van der Waals surface area contributed by atoms with Crippen molar-refractivity contribution in [1.29, 1.82) is 0 Å². The van der Waals surface area contributed by atoms with Crippen LogP contribution in [0.25, 0.3) is 0 Å². The maximum Gasteiger partial charge on any atom is 0.247 e. The van der Waals surface area contributed by atoms with Crippen LogP contribution < -0.4 is 5.32 Å². The van der Waals surface area contributed by atoms with Crippen molar-refractivity contribution in [3.05, 3.63) is 11.1 Å². The highest BCUT2D eigenvalue weighted by molar-refractivity contribution is 5.97. The molecule has 18 heavy (non-hydrogen) atoms. The quantitative estimate of drug-likeness (QED) is 0.809. The standard InChI is InChI=1S/C16H27NO/c1-5-6-7-14-13-10-11(16(2,3)4)8-9-12(13)15(18)17-14/h11,14H,5-10H2,1-4H3,(H,17,18)/t11?,14-/m1/s1. The average molecular weight is 249 g/mol. The summed E-state index contributed by atoms with van der Waals surface area (Å²) in [6.45, 7) is 9.20. The number of rotatable bonds is 3. The van der Waals surface area contributed by atoms with Crippen LogP contribution in [-0.2, 0) is 4.79 Å². The normalized spacial score (nSPS) is 28.3. The Morgan fingerprint density at radius 3 is 2.67 bits per heavy atom. The minimum absolute atomic E-state index is 0.221. The maximum absolute atomic E-state index is 12.0. The van der Waals surface area contributed by atoms with Crippen LogP contribution in [0, 0.1) is 11.3 Å². The molecule has 102 valence electrons. The highest BCUT2D eigenvalue weighted by atomic mass is 16.2. The van der Waals surface area contributed by atoms with E-state index in [1.165, 1.54) is 24.8 Å². The lowest BCUT2D eigenvalue weighted by molar-refractivity contribution is -0.117. The molecule has 2 rings (SSSR count). The molecule has 0 saturated heterocycles. The Morgan fingerprint density at radius 1 is 1.33 bits per heavy atom. The van der Waals surface area contributed by atoms with Gasteiger partial charge in [0.15, 0.2) is 0 Å². The van der Waals surface area contributed by atoms with Gasteiger partial charge in [0.2, 0.25) is 5.91 Å². The zero-order valence-electron chi connectivity index (χ0n) is 12.3. The van der Waals surface area contributed by atoms with Gasteiger partial charge in [-0.2, -0.15) is 0 Å². The van der Waals surface area contributed by atoms with Crippen LogP contribution in [0.3, 0.4) is 0 Å². The fourth-order valence-electron chi connectivity index (χ4n) is 3.31. The average Bonchev–Trinajstić information content (AvgIpc) is 2.62. The molecule has 2 nitrogen and oxygen atoms in total. The van der Waals surface area contributed by atoms with Crippen LogP contribution in [0.2, 0.25) is 0 Å². The molecule has 2 aliphatic rings. The number of hydrogen-bond donors (Lipinski definition) is 1. The van der Waals surface area contributed by atoms with Crippen molar-refractivity contribution in [2.45, 2.75) is 72.3 Å². The first kappa shape index (κ1) is 13.6. The van der Waals surface area contributed by atoms with Gasteiger partial charge in [-0.05, 0) is 42.6 Å². The largest absolute Gasteiger partial charge is 0.346 e. The molecule has 0 saturated carbocycles. The van der Waals surface area contributed by atoms with Gasteiger partial charge in [0, 0.05) is 5.57 Å². The summed E-state index contributed by atoms with van der Waals surface area (Å²) in [5.74, 6) is 0.950. The van der Waals surface area contributed by atoms with Gasteiger partial charge in [0.05, 0.1) is 6.04 Å². The Bertz CT molecular complexity index is 362. The van der Waals surface area contributed by atoms with Crippen LogP contribution in [0.1, 0.15) is 66.2 Å². The third-order valence-electron chi connectivity index (χ3n) is 4.67. The topological polar surface area (TPSA) is 29.1 Å². The molecule has 1 heterocycles. The molecule has 1 unspecified atom stereocenters. The molecule has 2 heteroatoms. The molecule has 0 fully saturated rings. The second kappa shape index (κ2) is 5.07. The van der Waals surface area contributed by atoms with Crippen LogP contribution in [0.4, 0.5) is 0 Å². The monoisotopic (exact) mass is 249 g/mol. The fraction of sp³-hybridized carbons (Fsp3) is 0.812. The van der Waals surface area contributed by atoms with Gasteiger partial charge in [0.25, 0.3) is 0 Å². The van der Waals surface area contributed by atoms with Gasteiger partial charge in [0.1, 0.15) is 0 Å². The number of carbonyl (C=O) groups excluding carboxylic acids is 1. The summed E-state index contributed by atoms with van der Waals surface area (Å²) in [7, 11) is 0. The second-order valence-electron chi connectivity index (χ2n) is 6.98. The summed E-state index contributed by atoms with van der Waals surface area (Å²) >= 11 is 0. The Kier molecular flexibility index (Phi) is 3.84. The summed E-state index contributed by atoms with van der Waals surface area (Å²) in [6, 6.07) is 0.345. The Labute approximate surface area is 111 Å². The molecule has 1 amide bonds. The number of amides is 1. The molecule has 0 aromatic heterocycles. The lowest BCUT2D eigenvalue weighted by Gasteiger charge is -2.35. The Hall–Kier alpha value is -0.790. The lowest BCUT2D eigenvalue weighted by Crippen LogP contribution is -2.30. The number of carbonyl (C=O) groups is 1. The summed E-state index contributed by atoms with van der Waals surface area (Å²) < 4.78 is 0. The van der Waals surface area contributed by atoms with E-state index < -0.39 is 0 Å². The number of hydrogen-bond acceptors (Lipinski definition) is 1. The van der Waals surface area contributed by atoms with Crippen LogP contribution in [0.15, 0.2) is 11.1 Å². The summed E-state index contributed by atoms with van der Waals surface area (Å²) in [5.41, 5.74) is 2.93. The zero-order valence-corrected chi connectivity index (χ0v) is 12.3. The van der Waals surface area contributed by atoms with Gasteiger partial charge in [-0.25, -0.2) is 0 Å². The van der Waals surface area contributed by atoms with E-state index in [1.807, 2.05) is 0 Å². The van der Waals surface area contributed by atoms with Gasteiger partial charge in [-0.1, -0.05) is 40.5 Å². The van der Waals surface area contributed by atoms with E-state index in [4.69, 9.17) is 0 Å². The fourth-order valence-corrected chi connectivity index (χ4v) is 3.31. The van der Waals surface area contributed by atoms with Crippen molar-refractivity contribution in [1.82, 2.24) is 5.32 Å². The number of nitrogens with one attached hydrogen (secondary N) is 1. The number of unbranched alkanes of at least 4 members (excludes halogenated alkanes) is 1. The van der Waals surface area contributed by atoms with Gasteiger partial charge < -0.3 is 5.32 Å². The molecule has 2 atom stereocenters. The molecular formula is C16H27NO. The van der Waals surface area contributed by atoms with E-state index >= 15 is 0 Å². The first-order valence-corrected chi connectivity index (χ1v) is 7.46. The van der Waals surface area contributed by atoms with E-state index in [0.29, 0.717) is 11.5 Å². The first-order chi connectivity index (χ1) is 8.43. The van der Waals surface area contributed by atoms with E-state index in [1.54, 1.807) is 0 Å². The Morgan fingerprint density at radius 2 is 2.06 bits per heavy atom. The van der Waals surface area contributed by atoms with Gasteiger partial charge >= 0.3 is 0 Å². The predicted octanol–water partition coefficient (Wildman–Crippen LogP) is 3.82. The van der Waals surface area contributed by atoms with Crippen LogP contribution in [0.5, 0.6) is 0 Å². The van der Waals surface area contributed by atoms with Crippen LogP contribution >= 0.6 is 0 Å². The Balaban J connectivity index is 2.12. The van der Waals surface area contributed by atoms with E-state index in [9.17, 15) is 4.79 Å². The third kappa shape index (κ3) is 2.62. The molecule has 0 aromatic carbocycles. The first-order valence-electron chi connectivity index (χ1n) is 7.46. The molecule has 0 radical (unpaired) electrons. The molecule has 0 bridgehead atoms. The highest BCUT2D eigenvalue weighted by Crippen LogP contribution is 2.43. The second-order valence-corrected chi connectivity index (χ2v) is 6.98. The van der Waals surface area contributed by atoms with Crippen molar-refractivity contribution in [3.63, 3.8) is 0 Å². The summed E-state index contributed by atoms with van der Waals surface area (Å²) in [4.78, 5) is 12.0. The van der Waals surface area contributed by atoms with Gasteiger partial charge in [-0.15, -0.1) is 0 Å². The van der Waals surface area contributed by atoms with E-state index in [2.05, 4.69) is 33.0 Å². The minimum atomic E-state index is 0.221. The molecule has 1 N–H and O–H groups in total. The highest BCUT2D eigenvalue weighted by Gasteiger charge is 2.38. The molecule has 0 spiro atoms. The van der Waals surface area contributed by atoms with E-state index in [-0.39, 0.29) is 5.91 Å². The van der Waals surface area contributed by atoms with E-state index in [0.717, 1.165) is 30.8 Å². The third-order valence-corrected chi connectivity index (χ3v) is 4.67. The van der Waals surface area contributed by atoms with Crippen molar-refractivity contribution in [2.24, 2.45) is 11.3 Å². The maximum atomic E-state index is 12.0. The summed E-state index contributed by atoms with van der Waals surface area (Å²) in [5, 5.41) is 3.19. The minimum Gasteiger partial charge on any atom is -0.346 e. The predicted molar refractivity (Wildman–Crippen MR) is 75.3 cm³/mol. The molecule has 0 aromatic rings. The zero-order chi connectivity index (χ0) is 13.3. The smallest absolute Gasteiger partial charge is 0.247 e. The SMILES string of the molecule is CCCC[C@H]1NC(=O)C2=C1CC(C(C)(C)C)CC2. The molecular weight excluding hydrogens is 222 g/mol. The van der Waals surface area contributed by atoms with Crippen molar-refractivity contribution in [3.8, 4) is 0 Å². The molecule has 1 aliphatic heterocycles. The van der Waals surface area contributed by atoms with Gasteiger partial charge in [-0.3, -0.25) is 4.79 Å². The van der Waals surface area contributed by atoms with Crippen molar-refractivity contribution < 1.29 is 4.79 Å².